The van der Waals surface area contributed by atoms with Crippen LogP contribution in [0.4, 0.5) is 0 Å². The second kappa shape index (κ2) is 9.40. The van der Waals surface area contributed by atoms with E-state index in [9.17, 15) is 0 Å². The summed E-state index contributed by atoms with van der Waals surface area (Å²) in [5.41, 5.74) is 10.3. The van der Waals surface area contributed by atoms with Crippen molar-refractivity contribution in [3.63, 3.8) is 0 Å². The molecule has 5 heterocycles. The van der Waals surface area contributed by atoms with Crippen molar-refractivity contribution >= 4 is 76.2 Å². The predicted octanol–water partition coefficient (Wildman–Crippen LogP) is 11.2. The highest BCUT2D eigenvalue weighted by Gasteiger charge is 2.28. The molecule has 0 fully saturated rings. The highest BCUT2D eigenvalue weighted by molar-refractivity contribution is 6.45. The first-order valence-electron chi connectivity index (χ1n) is 17.0. The summed E-state index contributed by atoms with van der Waals surface area (Å²) in [6.45, 7) is 0. The van der Waals surface area contributed by atoms with Crippen molar-refractivity contribution in [1.82, 2.24) is 23.8 Å². The van der Waals surface area contributed by atoms with Crippen LogP contribution in [0.25, 0.3) is 110 Å². The van der Waals surface area contributed by atoms with Gasteiger partial charge in [0.1, 0.15) is 0 Å². The van der Waals surface area contributed by atoms with E-state index in [0.717, 1.165) is 22.2 Å². The molecule has 0 aliphatic rings. The Bertz CT molecular complexity index is 3240. The number of para-hydroxylation sites is 3. The maximum Gasteiger partial charge on any atom is 0.164 e. The van der Waals surface area contributed by atoms with E-state index in [0.29, 0.717) is 17.5 Å². The second-order valence-electron chi connectivity index (χ2n) is 13.2. The molecule has 0 radical (unpaired) electrons. The van der Waals surface area contributed by atoms with E-state index in [1.165, 1.54) is 70.7 Å². The molecule has 0 amide bonds. The largest absolute Gasteiger partial charge is 0.308 e. The molecule has 0 atom stereocenters. The standard InChI is InChI=1S/C45H25N5/c1-3-13-26(14-4-1)43-46-44(27-15-5-2-6-16-27)48-45(47-43)28-23-24-32-36(25-28)50-35-22-12-9-19-31(35)38-37-29-17-7-10-20-33(29)49-34-21-11-8-18-30(34)39(41(37)49)40(32)42(38)50/h1-25H. The Hall–Kier alpha value is -6.85. The summed E-state index contributed by atoms with van der Waals surface area (Å²) < 4.78 is 4.98. The molecular weight excluding hydrogens is 611 g/mol. The van der Waals surface area contributed by atoms with Gasteiger partial charge in [0.05, 0.1) is 33.1 Å². The van der Waals surface area contributed by atoms with Crippen LogP contribution in [-0.2, 0) is 0 Å². The fourth-order valence-electron chi connectivity index (χ4n) is 8.61. The minimum Gasteiger partial charge on any atom is -0.308 e. The highest BCUT2D eigenvalue weighted by Crippen LogP contribution is 2.51. The molecule has 0 aliphatic carbocycles. The third-order valence-corrected chi connectivity index (χ3v) is 10.6. The fourth-order valence-corrected chi connectivity index (χ4v) is 8.61. The van der Waals surface area contributed by atoms with Crippen LogP contribution in [-0.4, -0.2) is 23.8 Å². The van der Waals surface area contributed by atoms with E-state index in [2.05, 4.69) is 124 Å². The summed E-state index contributed by atoms with van der Waals surface area (Å²) in [5.74, 6) is 1.97. The van der Waals surface area contributed by atoms with Crippen LogP contribution >= 0.6 is 0 Å². The van der Waals surface area contributed by atoms with Crippen molar-refractivity contribution < 1.29 is 0 Å². The smallest absolute Gasteiger partial charge is 0.164 e. The minimum atomic E-state index is 0.654. The maximum atomic E-state index is 5.08. The summed E-state index contributed by atoms with van der Waals surface area (Å²) in [6, 6.07) is 53.7. The molecule has 7 aromatic carbocycles. The van der Waals surface area contributed by atoms with Gasteiger partial charge in [0.15, 0.2) is 17.5 Å². The van der Waals surface area contributed by atoms with Crippen molar-refractivity contribution in [3.8, 4) is 34.2 Å². The van der Waals surface area contributed by atoms with Crippen LogP contribution in [0.2, 0.25) is 0 Å². The number of fused-ring (bicyclic) bond motifs is 14. The van der Waals surface area contributed by atoms with Gasteiger partial charge in [0, 0.05) is 59.8 Å². The molecule has 5 aromatic heterocycles. The molecule has 12 rings (SSSR count). The van der Waals surface area contributed by atoms with Gasteiger partial charge in [-0.05, 0) is 24.3 Å². The van der Waals surface area contributed by atoms with Gasteiger partial charge in [-0.3, -0.25) is 0 Å². The zero-order valence-electron chi connectivity index (χ0n) is 26.7. The van der Waals surface area contributed by atoms with Crippen LogP contribution in [0.3, 0.4) is 0 Å². The van der Waals surface area contributed by atoms with Crippen molar-refractivity contribution in [2.75, 3.05) is 0 Å². The number of hydrogen-bond donors (Lipinski definition) is 0. The number of benzene rings is 7. The van der Waals surface area contributed by atoms with E-state index in [-0.39, 0.29) is 0 Å². The zero-order valence-corrected chi connectivity index (χ0v) is 26.7. The van der Waals surface area contributed by atoms with Crippen molar-refractivity contribution in [2.45, 2.75) is 0 Å². The second-order valence-corrected chi connectivity index (χ2v) is 13.2. The lowest BCUT2D eigenvalue weighted by atomic mass is 9.97. The highest BCUT2D eigenvalue weighted by atomic mass is 15.0. The molecule has 0 aliphatic heterocycles. The van der Waals surface area contributed by atoms with Crippen molar-refractivity contribution in [1.29, 1.82) is 0 Å². The lowest BCUT2D eigenvalue weighted by molar-refractivity contribution is 1.07. The van der Waals surface area contributed by atoms with Gasteiger partial charge in [-0.2, -0.15) is 0 Å². The average Bonchev–Trinajstić information content (AvgIpc) is 3.91. The third-order valence-electron chi connectivity index (χ3n) is 10.6. The number of aromatic nitrogens is 5. The SMILES string of the molecule is c1ccc(-c2nc(-c3ccccc3)nc(-c3ccc4c5c6c7ccccc7n7c8ccccc8c(c8c9ccccc9n(c4c3)c85)c67)n2)cc1. The molecule has 0 spiro atoms. The lowest BCUT2D eigenvalue weighted by Gasteiger charge is -2.09. The average molecular weight is 636 g/mol. The maximum absolute atomic E-state index is 5.08. The first kappa shape index (κ1) is 26.1. The Morgan fingerprint density at radius 2 is 0.660 bits per heavy atom. The summed E-state index contributed by atoms with van der Waals surface area (Å²) in [7, 11) is 0. The summed E-state index contributed by atoms with van der Waals surface area (Å²) in [5, 5.41) is 10.3. The number of nitrogens with zero attached hydrogens (tertiary/aromatic N) is 5. The minimum absolute atomic E-state index is 0.654. The van der Waals surface area contributed by atoms with E-state index in [1.54, 1.807) is 0 Å². The Morgan fingerprint density at radius 1 is 0.300 bits per heavy atom. The topological polar surface area (TPSA) is 47.5 Å². The van der Waals surface area contributed by atoms with Crippen molar-refractivity contribution in [2.24, 2.45) is 0 Å². The van der Waals surface area contributed by atoms with E-state index < -0.39 is 0 Å². The van der Waals surface area contributed by atoms with Gasteiger partial charge < -0.3 is 8.80 Å². The lowest BCUT2D eigenvalue weighted by Crippen LogP contribution is -2.00. The third kappa shape index (κ3) is 3.24. The Labute approximate surface area is 285 Å². The predicted molar refractivity (Wildman–Crippen MR) is 205 cm³/mol. The summed E-state index contributed by atoms with van der Waals surface area (Å²) >= 11 is 0. The van der Waals surface area contributed by atoms with E-state index in [1.807, 2.05) is 36.4 Å². The Kier molecular flexibility index (Phi) is 4.91. The van der Waals surface area contributed by atoms with Crippen molar-refractivity contribution in [3.05, 3.63) is 152 Å². The van der Waals surface area contributed by atoms with Gasteiger partial charge in [-0.1, -0.05) is 127 Å². The molecular formula is C45H25N5. The van der Waals surface area contributed by atoms with E-state index >= 15 is 0 Å². The normalized spacial score (nSPS) is 12.4. The molecule has 12 aromatic rings. The summed E-state index contributed by atoms with van der Waals surface area (Å²) in [4.78, 5) is 15.1. The molecule has 50 heavy (non-hydrogen) atoms. The van der Waals surface area contributed by atoms with Gasteiger partial charge >= 0.3 is 0 Å². The molecule has 5 nitrogen and oxygen atoms in total. The monoisotopic (exact) mass is 635 g/mol. The molecule has 0 bridgehead atoms. The van der Waals surface area contributed by atoms with Gasteiger partial charge in [0.25, 0.3) is 0 Å². The van der Waals surface area contributed by atoms with Crippen LogP contribution in [0.1, 0.15) is 0 Å². The number of rotatable bonds is 3. The number of hydrogen-bond acceptors (Lipinski definition) is 3. The summed E-state index contributed by atoms with van der Waals surface area (Å²) in [6.07, 6.45) is 0. The van der Waals surface area contributed by atoms with E-state index in [4.69, 9.17) is 15.0 Å². The van der Waals surface area contributed by atoms with Crippen LogP contribution < -0.4 is 0 Å². The quantitative estimate of drug-likeness (QED) is 0.194. The molecule has 0 N–H and O–H groups in total. The molecule has 5 heteroatoms. The van der Waals surface area contributed by atoms with Gasteiger partial charge in [-0.25, -0.2) is 15.0 Å². The van der Waals surface area contributed by atoms with Crippen LogP contribution in [0, 0.1) is 0 Å². The molecule has 0 saturated carbocycles. The first-order chi connectivity index (χ1) is 24.8. The molecule has 0 unspecified atom stereocenters. The first-order valence-corrected chi connectivity index (χ1v) is 17.0. The Morgan fingerprint density at radius 3 is 1.12 bits per heavy atom. The van der Waals surface area contributed by atoms with Crippen LogP contribution in [0.5, 0.6) is 0 Å². The molecule has 230 valence electrons. The van der Waals surface area contributed by atoms with Gasteiger partial charge in [0.2, 0.25) is 0 Å². The van der Waals surface area contributed by atoms with Gasteiger partial charge in [-0.15, -0.1) is 0 Å². The molecule has 0 saturated heterocycles. The van der Waals surface area contributed by atoms with Crippen LogP contribution in [0.15, 0.2) is 152 Å². The fraction of sp³-hybridized carbons (Fsp3) is 0. The zero-order chi connectivity index (χ0) is 32.5. The Balaban J connectivity index is 1.25.